The second kappa shape index (κ2) is 9.35. The Morgan fingerprint density at radius 1 is 1.04 bits per heavy atom. The zero-order valence-corrected chi connectivity index (χ0v) is 16.4. The number of anilines is 1. The Balaban J connectivity index is 1.69. The molecule has 6 nitrogen and oxygen atoms in total. The Morgan fingerprint density at radius 2 is 1.71 bits per heavy atom. The van der Waals surface area contributed by atoms with Gasteiger partial charge < -0.3 is 15.4 Å². The normalized spacial score (nSPS) is 14.5. The highest BCUT2D eigenvalue weighted by Gasteiger charge is 2.18. The molecule has 1 aliphatic rings. The van der Waals surface area contributed by atoms with Crippen molar-refractivity contribution >= 4 is 17.5 Å². The van der Waals surface area contributed by atoms with Gasteiger partial charge in [0.15, 0.2) is 0 Å². The molecule has 0 atom stereocenters. The van der Waals surface area contributed by atoms with E-state index in [1.54, 1.807) is 12.1 Å². The lowest BCUT2D eigenvalue weighted by Crippen LogP contribution is -2.36. The van der Waals surface area contributed by atoms with Crippen LogP contribution in [0.25, 0.3) is 0 Å². The zero-order valence-electron chi connectivity index (χ0n) is 16.4. The first-order chi connectivity index (χ1) is 13.5. The van der Waals surface area contributed by atoms with Crippen LogP contribution in [0.4, 0.5) is 5.69 Å². The van der Waals surface area contributed by atoms with E-state index in [2.05, 4.69) is 15.6 Å². The fourth-order valence-electron chi connectivity index (χ4n) is 3.33. The van der Waals surface area contributed by atoms with Gasteiger partial charge in [0.2, 0.25) is 0 Å². The molecule has 0 bridgehead atoms. The van der Waals surface area contributed by atoms with E-state index in [9.17, 15) is 9.59 Å². The second-order valence-corrected chi connectivity index (χ2v) is 7.39. The van der Waals surface area contributed by atoms with Crippen LogP contribution in [0.15, 0.2) is 42.7 Å². The van der Waals surface area contributed by atoms with Crippen LogP contribution in [0.1, 0.15) is 66.7 Å². The molecule has 2 N–H and O–H groups in total. The van der Waals surface area contributed by atoms with Gasteiger partial charge in [-0.3, -0.25) is 14.6 Å². The number of ether oxygens (including phenoxy) is 1. The average Bonchev–Trinajstić information content (AvgIpc) is 2.70. The average molecular weight is 381 g/mol. The summed E-state index contributed by atoms with van der Waals surface area (Å²) in [6.45, 7) is 3.86. The van der Waals surface area contributed by atoms with Gasteiger partial charge in [-0.05, 0) is 44.9 Å². The minimum atomic E-state index is -0.334. The van der Waals surface area contributed by atoms with Crippen LogP contribution in [-0.4, -0.2) is 28.9 Å². The summed E-state index contributed by atoms with van der Waals surface area (Å²) < 4.78 is 5.73. The molecule has 1 aromatic carbocycles. The number of hydrogen-bond acceptors (Lipinski definition) is 4. The molecule has 0 saturated heterocycles. The van der Waals surface area contributed by atoms with Crippen molar-refractivity contribution in [3.63, 3.8) is 0 Å². The van der Waals surface area contributed by atoms with Gasteiger partial charge in [-0.2, -0.15) is 0 Å². The van der Waals surface area contributed by atoms with Crippen LogP contribution in [-0.2, 0) is 0 Å². The lowest BCUT2D eigenvalue weighted by Gasteiger charge is -2.22. The molecule has 1 fully saturated rings. The minimum absolute atomic E-state index is 0.00784. The molecule has 0 radical (unpaired) electrons. The van der Waals surface area contributed by atoms with Crippen molar-refractivity contribution in [3.05, 3.63) is 53.9 Å². The molecular formula is C22H27N3O3. The van der Waals surface area contributed by atoms with E-state index in [1.807, 2.05) is 32.0 Å². The number of benzene rings is 1. The maximum absolute atomic E-state index is 12.7. The number of nitrogens with zero attached hydrogens (tertiary/aromatic N) is 1. The molecule has 0 unspecified atom stereocenters. The summed E-state index contributed by atoms with van der Waals surface area (Å²) in [6.07, 6.45) is 8.46. The first-order valence-corrected chi connectivity index (χ1v) is 9.86. The number of carbonyl (C=O) groups is 2. The van der Waals surface area contributed by atoms with E-state index < -0.39 is 0 Å². The Hall–Kier alpha value is -2.89. The SMILES string of the molecule is CC(C)Oc1ccccc1NC(=O)c1cncc(C(=O)NC2CCCCC2)c1. The Morgan fingerprint density at radius 3 is 2.43 bits per heavy atom. The number of amides is 2. The lowest BCUT2D eigenvalue weighted by molar-refractivity contribution is 0.0927. The second-order valence-electron chi connectivity index (χ2n) is 7.39. The summed E-state index contributed by atoms with van der Waals surface area (Å²) in [5.41, 5.74) is 1.30. The number of rotatable bonds is 6. The van der Waals surface area contributed by atoms with Gasteiger partial charge in [0.25, 0.3) is 11.8 Å². The van der Waals surface area contributed by atoms with Crippen LogP contribution in [0.3, 0.4) is 0 Å². The van der Waals surface area contributed by atoms with E-state index in [1.165, 1.54) is 18.8 Å². The van der Waals surface area contributed by atoms with E-state index in [0.29, 0.717) is 22.6 Å². The third-order valence-corrected chi connectivity index (χ3v) is 4.70. The lowest BCUT2D eigenvalue weighted by atomic mass is 9.95. The van der Waals surface area contributed by atoms with E-state index >= 15 is 0 Å². The quantitative estimate of drug-likeness (QED) is 0.786. The van der Waals surface area contributed by atoms with Crippen LogP contribution >= 0.6 is 0 Å². The van der Waals surface area contributed by atoms with Crippen LogP contribution in [0.5, 0.6) is 5.75 Å². The van der Waals surface area contributed by atoms with Crippen molar-refractivity contribution in [2.45, 2.75) is 58.1 Å². The molecule has 148 valence electrons. The fourth-order valence-corrected chi connectivity index (χ4v) is 3.33. The van der Waals surface area contributed by atoms with Crippen molar-refractivity contribution in [1.82, 2.24) is 10.3 Å². The monoisotopic (exact) mass is 381 g/mol. The molecule has 6 heteroatoms. The van der Waals surface area contributed by atoms with Crippen LogP contribution < -0.4 is 15.4 Å². The molecule has 28 heavy (non-hydrogen) atoms. The predicted molar refractivity (Wildman–Crippen MR) is 109 cm³/mol. The molecule has 0 aliphatic heterocycles. The maximum atomic E-state index is 12.7. The van der Waals surface area contributed by atoms with Crippen molar-refractivity contribution in [2.75, 3.05) is 5.32 Å². The third kappa shape index (κ3) is 5.31. The Kier molecular flexibility index (Phi) is 6.63. The molecule has 1 aliphatic carbocycles. The Bertz CT molecular complexity index is 829. The topological polar surface area (TPSA) is 80.3 Å². The van der Waals surface area contributed by atoms with Crippen molar-refractivity contribution in [3.8, 4) is 5.75 Å². The Labute approximate surface area is 165 Å². The minimum Gasteiger partial charge on any atom is -0.489 e. The molecule has 0 spiro atoms. The van der Waals surface area contributed by atoms with E-state index in [0.717, 1.165) is 25.7 Å². The highest BCUT2D eigenvalue weighted by atomic mass is 16.5. The number of hydrogen-bond donors (Lipinski definition) is 2. The molecule has 2 aromatic rings. The fraction of sp³-hybridized carbons (Fsp3) is 0.409. The van der Waals surface area contributed by atoms with Gasteiger partial charge >= 0.3 is 0 Å². The van der Waals surface area contributed by atoms with Crippen molar-refractivity contribution < 1.29 is 14.3 Å². The summed E-state index contributed by atoms with van der Waals surface area (Å²) in [4.78, 5) is 29.3. The summed E-state index contributed by atoms with van der Waals surface area (Å²) in [5.74, 6) is 0.0854. The van der Waals surface area contributed by atoms with Gasteiger partial charge in [-0.1, -0.05) is 31.4 Å². The molecular weight excluding hydrogens is 354 g/mol. The van der Waals surface area contributed by atoms with E-state index in [4.69, 9.17) is 4.74 Å². The molecule has 3 rings (SSSR count). The highest BCUT2D eigenvalue weighted by molar-refractivity contribution is 6.06. The number of carbonyl (C=O) groups excluding carboxylic acids is 2. The summed E-state index contributed by atoms with van der Waals surface area (Å²) in [5, 5.41) is 5.90. The standard InChI is InChI=1S/C22H27N3O3/c1-15(2)28-20-11-7-6-10-19(20)25-22(27)17-12-16(13-23-14-17)21(26)24-18-8-4-3-5-9-18/h6-7,10-15,18H,3-5,8-9H2,1-2H3,(H,24,26)(H,25,27). The van der Waals surface area contributed by atoms with Gasteiger partial charge in [0.1, 0.15) is 5.75 Å². The smallest absolute Gasteiger partial charge is 0.257 e. The first-order valence-electron chi connectivity index (χ1n) is 9.86. The number of nitrogens with one attached hydrogen (secondary N) is 2. The van der Waals surface area contributed by atoms with Crippen molar-refractivity contribution in [1.29, 1.82) is 0 Å². The maximum Gasteiger partial charge on any atom is 0.257 e. The van der Waals surface area contributed by atoms with Gasteiger partial charge in [0.05, 0.1) is 22.9 Å². The van der Waals surface area contributed by atoms with E-state index in [-0.39, 0.29) is 24.0 Å². The van der Waals surface area contributed by atoms with Crippen LogP contribution in [0, 0.1) is 0 Å². The van der Waals surface area contributed by atoms with Gasteiger partial charge in [-0.25, -0.2) is 0 Å². The summed E-state index contributed by atoms with van der Waals surface area (Å²) >= 11 is 0. The molecule has 1 saturated carbocycles. The number of aromatic nitrogens is 1. The van der Waals surface area contributed by atoms with Gasteiger partial charge in [-0.15, -0.1) is 0 Å². The largest absolute Gasteiger partial charge is 0.489 e. The summed E-state index contributed by atoms with van der Waals surface area (Å²) in [7, 11) is 0. The predicted octanol–water partition coefficient (Wildman–Crippen LogP) is 4.18. The summed E-state index contributed by atoms with van der Waals surface area (Å²) in [6, 6.07) is 9.05. The third-order valence-electron chi connectivity index (χ3n) is 4.70. The molecule has 1 aromatic heterocycles. The molecule has 1 heterocycles. The highest BCUT2D eigenvalue weighted by Crippen LogP contribution is 2.25. The van der Waals surface area contributed by atoms with Gasteiger partial charge in [0, 0.05) is 18.4 Å². The number of para-hydroxylation sites is 2. The zero-order chi connectivity index (χ0) is 19.9. The number of pyridine rings is 1. The molecule has 2 amide bonds. The first kappa shape index (κ1) is 19.9. The van der Waals surface area contributed by atoms with Crippen molar-refractivity contribution in [2.24, 2.45) is 0 Å². The van der Waals surface area contributed by atoms with Crippen LogP contribution in [0.2, 0.25) is 0 Å².